The van der Waals surface area contributed by atoms with Crippen LogP contribution in [0.1, 0.15) is 28.2 Å². The molecule has 6 heteroatoms. The van der Waals surface area contributed by atoms with Crippen LogP contribution >= 0.6 is 0 Å². The third-order valence-electron chi connectivity index (χ3n) is 6.45. The Labute approximate surface area is 212 Å². The molecule has 182 valence electrons. The Morgan fingerprint density at radius 3 is 2.42 bits per heavy atom. The Kier molecular flexibility index (Phi) is 7.33. The number of aryl methyl sites for hydroxylation is 1. The fourth-order valence-electron chi connectivity index (χ4n) is 4.34. The number of benzene rings is 3. The lowest BCUT2D eigenvalue weighted by Crippen LogP contribution is -2.27. The Hall–Kier alpha value is -4.03. The topological polar surface area (TPSA) is 56.1 Å². The van der Waals surface area contributed by atoms with Crippen molar-refractivity contribution in [1.82, 2.24) is 24.6 Å². The highest BCUT2D eigenvalue weighted by atomic mass is 16.5. The fourth-order valence-corrected chi connectivity index (χ4v) is 4.34. The van der Waals surface area contributed by atoms with Crippen molar-refractivity contribution in [3.8, 4) is 5.75 Å². The van der Waals surface area contributed by atoms with Gasteiger partial charge in [0.05, 0.1) is 31.4 Å². The van der Waals surface area contributed by atoms with Crippen LogP contribution in [0.25, 0.3) is 10.9 Å². The number of aromatic nitrogens is 4. The maximum atomic E-state index is 5.29. The van der Waals surface area contributed by atoms with E-state index in [2.05, 4.69) is 87.3 Å². The van der Waals surface area contributed by atoms with E-state index in [0.717, 1.165) is 47.7 Å². The molecule has 3 aromatic carbocycles. The Morgan fingerprint density at radius 1 is 0.833 bits per heavy atom. The van der Waals surface area contributed by atoms with Crippen LogP contribution in [0.3, 0.4) is 0 Å². The maximum absolute atomic E-state index is 5.29. The minimum absolute atomic E-state index is 0.691. The lowest BCUT2D eigenvalue weighted by atomic mass is 10.1. The van der Waals surface area contributed by atoms with E-state index >= 15 is 0 Å². The standard InChI is InChI=1S/C30H31N5O/c1-23-7-9-24(10-8-23)17-18-34(20-27-14-13-26-5-3-4-6-29(26)32-27)21-30-33-31-22-35(30)19-25-11-15-28(36-2)16-12-25/h3-16,22H,17-21H2,1-2H3. The summed E-state index contributed by atoms with van der Waals surface area (Å²) in [7, 11) is 1.68. The van der Waals surface area contributed by atoms with Crippen molar-refractivity contribution in [2.24, 2.45) is 0 Å². The molecular weight excluding hydrogens is 446 g/mol. The molecule has 0 unspecified atom stereocenters. The van der Waals surface area contributed by atoms with Crippen molar-refractivity contribution < 1.29 is 4.74 Å². The van der Waals surface area contributed by atoms with Gasteiger partial charge in [-0.25, -0.2) is 0 Å². The summed E-state index contributed by atoms with van der Waals surface area (Å²) < 4.78 is 7.41. The number of ether oxygens (including phenoxy) is 1. The highest BCUT2D eigenvalue weighted by Gasteiger charge is 2.14. The van der Waals surface area contributed by atoms with Gasteiger partial charge in [0.2, 0.25) is 0 Å². The Balaban J connectivity index is 1.35. The average Bonchev–Trinajstić information content (AvgIpc) is 3.34. The van der Waals surface area contributed by atoms with Gasteiger partial charge in [0.25, 0.3) is 0 Å². The highest BCUT2D eigenvalue weighted by Crippen LogP contribution is 2.17. The van der Waals surface area contributed by atoms with Gasteiger partial charge >= 0.3 is 0 Å². The van der Waals surface area contributed by atoms with Crippen LogP contribution < -0.4 is 4.74 Å². The smallest absolute Gasteiger partial charge is 0.147 e. The second-order valence-electron chi connectivity index (χ2n) is 9.16. The van der Waals surface area contributed by atoms with Crippen LogP contribution in [0, 0.1) is 6.92 Å². The molecule has 0 bridgehead atoms. The van der Waals surface area contributed by atoms with Crippen molar-refractivity contribution in [2.45, 2.75) is 33.0 Å². The van der Waals surface area contributed by atoms with Crippen LogP contribution in [0.5, 0.6) is 5.75 Å². The first-order valence-electron chi connectivity index (χ1n) is 12.3. The van der Waals surface area contributed by atoms with E-state index in [1.54, 1.807) is 7.11 Å². The molecule has 36 heavy (non-hydrogen) atoms. The van der Waals surface area contributed by atoms with E-state index in [0.29, 0.717) is 13.1 Å². The molecule has 5 rings (SSSR count). The molecule has 2 aromatic heterocycles. The first-order valence-corrected chi connectivity index (χ1v) is 12.3. The summed E-state index contributed by atoms with van der Waals surface area (Å²) in [6, 6.07) is 29.5. The largest absolute Gasteiger partial charge is 0.497 e. The molecule has 0 amide bonds. The van der Waals surface area contributed by atoms with E-state index in [1.807, 2.05) is 30.6 Å². The number of fused-ring (bicyclic) bond motifs is 1. The van der Waals surface area contributed by atoms with Crippen LogP contribution in [0.4, 0.5) is 0 Å². The summed E-state index contributed by atoms with van der Waals surface area (Å²) in [4.78, 5) is 7.33. The van der Waals surface area contributed by atoms with Gasteiger partial charge in [0.1, 0.15) is 17.9 Å². The average molecular weight is 478 g/mol. The molecule has 0 fully saturated rings. The van der Waals surface area contributed by atoms with E-state index < -0.39 is 0 Å². The highest BCUT2D eigenvalue weighted by molar-refractivity contribution is 5.78. The summed E-state index contributed by atoms with van der Waals surface area (Å²) in [6.07, 6.45) is 2.77. The molecule has 0 aliphatic carbocycles. The number of methoxy groups -OCH3 is 1. The van der Waals surface area contributed by atoms with E-state index in [9.17, 15) is 0 Å². The Morgan fingerprint density at radius 2 is 1.61 bits per heavy atom. The van der Waals surface area contributed by atoms with Crippen molar-refractivity contribution in [2.75, 3.05) is 13.7 Å². The monoisotopic (exact) mass is 477 g/mol. The molecule has 2 heterocycles. The van der Waals surface area contributed by atoms with Crippen LogP contribution in [0.15, 0.2) is 91.3 Å². The SMILES string of the molecule is COc1ccc(Cn2cnnc2CN(CCc2ccc(C)cc2)Cc2ccc3ccccc3n2)cc1. The molecule has 0 saturated heterocycles. The molecule has 0 N–H and O–H groups in total. The molecule has 5 aromatic rings. The number of nitrogens with zero attached hydrogens (tertiary/aromatic N) is 5. The van der Waals surface area contributed by atoms with Gasteiger partial charge in [-0.3, -0.25) is 9.88 Å². The second-order valence-corrected chi connectivity index (χ2v) is 9.16. The summed E-state index contributed by atoms with van der Waals surface area (Å²) in [6.45, 7) is 5.17. The number of pyridine rings is 1. The van der Waals surface area contributed by atoms with Crippen LogP contribution in [0.2, 0.25) is 0 Å². The summed E-state index contributed by atoms with van der Waals surface area (Å²) in [5.74, 6) is 1.79. The van der Waals surface area contributed by atoms with Crippen LogP contribution in [-0.2, 0) is 26.1 Å². The normalized spacial score (nSPS) is 11.3. The number of rotatable bonds is 10. The van der Waals surface area contributed by atoms with Gasteiger partial charge in [-0.2, -0.15) is 0 Å². The summed E-state index contributed by atoms with van der Waals surface area (Å²) in [5.41, 5.74) is 5.87. The molecular formula is C30H31N5O. The van der Waals surface area contributed by atoms with E-state index in [-0.39, 0.29) is 0 Å². The van der Waals surface area contributed by atoms with Gasteiger partial charge in [-0.1, -0.05) is 66.2 Å². The zero-order chi connectivity index (χ0) is 24.7. The molecule has 0 saturated carbocycles. The molecule has 6 nitrogen and oxygen atoms in total. The van der Waals surface area contributed by atoms with Gasteiger partial charge < -0.3 is 9.30 Å². The predicted octanol–water partition coefficient (Wildman–Crippen LogP) is 5.44. The quantitative estimate of drug-likeness (QED) is 0.268. The summed E-state index contributed by atoms with van der Waals surface area (Å²) >= 11 is 0. The van der Waals surface area contributed by atoms with Crippen molar-refractivity contribution >= 4 is 10.9 Å². The first kappa shape index (κ1) is 23.7. The minimum atomic E-state index is 0.691. The lowest BCUT2D eigenvalue weighted by molar-refractivity contribution is 0.247. The van der Waals surface area contributed by atoms with Crippen molar-refractivity contribution in [3.05, 3.63) is 119 Å². The lowest BCUT2D eigenvalue weighted by Gasteiger charge is -2.22. The fraction of sp³-hybridized carbons (Fsp3) is 0.233. The molecule has 0 spiro atoms. The maximum Gasteiger partial charge on any atom is 0.147 e. The van der Waals surface area contributed by atoms with Crippen molar-refractivity contribution in [1.29, 1.82) is 0 Å². The third kappa shape index (κ3) is 5.96. The zero-order valence-electron chi connectivity index (χ0n) is 20.8. The summed E-state index contributed by atoms with van der Waals surface area (Å²) in [5, 5.41) is 9.86. The third-order valence-corrected chi connectivity index (χ3v) is 6.45. The number of hydrogen-bond acceptors (Lipinski definition) is 5. The van der Waals surface area contributed by atoms with E-state index in [4.69, 9.17) is 9.72 Å². The molecule has 0 aliphatic heterocycles. The van der Waals surface area contributed by atoms with Gasteiger partial charge in [-0.15, -0.1) is 10.2 Å². The van der Waals surface area contributed by atoms with Crippen molar-refractivity contribution in [3.63, 3.8) is 0 Å². The molecule has 0 aliphatic rings. The predicted molar refractivity (Wildman–Crippen MR) is 143 cm³/mol. The van der Waals surface area contributed by atoms with Gasteiger partial charge in [-0.05, 0) is 48.7 Å². The zero-order valence-corrected chi connectivity index (χ0v) is 20.8. The second kappa shape index (κ2) is 11.1. The number of hydrogen-bond donors (Lipinski definition) is 0. The molecule has 0 radical (unpaired) electrons. The Bertz CT molecular complexity index is 1410. The van der Waals surface area contributed by atoms with Gasteiger partial charge in [0, 0.05) is 18.5 Å². The van der Waals surface area contributed by atoms with Gasteiger partial charge in [0.15, 0.2) is 0 Å². The van der Waals surface area contributed by atoms with Crippen LogP contribution in [-0.4, -0.2) is 38.3 Å². The minimum Gasteiger partial charge on any atom is -0.497 e. The van der Waals surface area contributed by atoms with E-state index in [1.165, 1.54) is 16.7 Å². The molecule has 0 atom stereocenters. The number of para-hydroxylation sites is 1. The first-order chi connectivity index (χ1) is 17.7.